The van der Waals surface area contributed by atoms with Gasteiger partial charge in [0, 0.05) is 29.8 Å². The average Bonchev–Trinajstić information content (AvgIpc) is 3.21. The SMILES string of the molecule is O=C(c1cc2ccccc2[nH]1)N1CCCC1c1ccncc1. The van der Waals surface area contributed by atoms with Gasteiger partial charge in [-0.3, -0.25) is 9.78 Å². The number of likely N-dealkylation sites (tertiary alicyclic amines) is 1. The molecule has 0 radical (unpaired) electrons. The van der Waals surface area contributed by atoms with Gasteiger partial charge in [0.05, 0.1) is 6.04 Å². The van der Waals surface area contributed by atoms with Crippen molar-refractivity contribution in [2.24, 2.45) is 0 Å². The Hall–Kier alpha value is -2.62. The van der Waals surface area contributed by atoms with Crippen molar-refractivity contribution < 1.29 is 4.79 Å². The highest BCUT2D eigenvalue weighted by Crippen LogP contribution is 2.33. The van der Waals surface area contributed by atoms with Gasteiger partial charge in [-0.25, -0.2) is 0 Å². The van der Waals surface area contributed by atoms with Crippen molar-refractivity contribution in [3.05, 3.63) is 66.1 Å². The molecule has 1 N–H and O–H groups in total. The lowest BCUT2D eigenvalue weighted by atomic mass is 10.1. The maximum atomic E-state index is 12.9. The summed E-state index contributed by atoms with van der Waals surface area (Å²) in [5.41, 5.74) is 2.84. The third-order valence-electron chi connectivity index (χ3n) is 4.36. The van der Waals surface area contributed by atoms with Crippen LogP contribution >= 0.6 is 0 Å². The highest BCUT2D eigenvalue weighted by Gasteiger charge is 2.31. The van der Waals surface area contributed by atoms with Crippen LogP contribution in [0.3, 0.4) is 0 Å². The van der Waals surface area contributed by atoms with Gasteiger partial charge in [0.2, 0.25) is 0 Å². The van der Waals surface area contributed by atoms with Crippen molar-refractivity contribution in [1.82, 2.24) is 14.9 Å². The Bertz CT molecular complexity index is 776. The van der Waals surface area contributed by atoms with E-state index < -0.39 is 0 Å². The molecule has 3 aromatic rings. The summed E-state index contributed by atoms with van der Waals surface area (Å²) < 4.78 is 0. The highest BCUT2D eigenvalue weighted by atomic mass is 16.2. The number of aromatic nitrogens is 2. The van der Waals surface area contributed by atoms with Crippen LogP contribution in [0.15, 0.2) is 54.9 Å². The molecule has 1 fully saturated rings. The van der Waals surface area contributed by atoms with Crippen LogP contribution in [0.2, 0.25) is 0 Å². The van der Waals surface area contributed by atoms with E-state index in [9.17, 15) is 4.79 Å². The second-order valence-corrected chi connectivity index (χ2v) is 5.71. The molecule has 0 spiro atoms. The van der Waals surface area contributed by atoms with E-state index >= 15 is 0 Å². The Labute approximate surface area is 128 Å². The van der Waals surface area contributed by atoms with Crippen LogP contribution in [0.1, 0.15) is 34.9 Å². The van der Waals surface area contributed by atoms with Crippen LogP contribution in [0.4, 0.5) is 0 Å². The van der Waals surface area contributed by atoms with E-state index in [0.717, 1.165) is 35.9 Å². The van der Waals surface area contributed by atoms with Gasteiger partial charge in [0.15, 0.2) is 0 Å². The predicted molar refractivity (Wildman–Crippen MR) is 85.5 cm³/mol. The van der Waals surface area contributed by atoms with Gasteiger partial charge < -0.3 is 9.88 Å². The highest BCUT2D eigenvalue weighted by molar-refractivity contribution is 5.98. The molecule has 1 saturated heterocycles. The molecule has 1 amide bonds. The molecule has 0 aliphatic carbocycles. The van der Waals surface area contributed by atoms with Crippen molar-refractivity contribution in [1.29, 1.82) is 0 Å². The lowest BCUT2D eigenvalue weighted by Gasteiger charge is -2.24. The van der Waals surface area contributed by atoms with Gasteiger partial charge in [0.25, 0.3) is 5.91 Å². The number of carbonyl (C=O) groups excluding carboxylic acids is 1. The van der Waals surface area contributed by atoms with Gasteiger partial charge in [-0.05, 0) is 42.7 Å². The lowest BCUT2D eigenvalue weighted by molar-refractivity contribution is 0.0730. The number of nitrogens with one attached hydrogen (secondary N) is 1. The van der Waals surface area contributed by atoms with E-state index in [4.69, 9.17) is 0 Å². The Morgan fingerprint density at radius 1 is 1.18 bits per heavy atom. The molecule has 22 heavy (non-hydrogen) atoms. The molecular weight excluding hydrogens is 274 g/mol. The molecule has 0 saturated carbocycles. The maximum Gasteiger partial charge on any atom is 0.270 e. The molecule has 4 heteroatoms. The molecule has 110 valence electrons. The first kappa shape index (κ1) is 13.1. The molecule has 4 rings (SSSR count). The van der Waals surface area contributed by atoms with Crippen LogP contribution in [0.25, 0.3) is 10.9 Å². The number of benzene rings is 1. The minimum Gasteiger partial charge on any atom is -0.351 e. The number of aromatic amines is 1. The third-order valence-corrected chi connectivity index (χ3v) is 4.36. The molecule has 3 heterocycles. The van der Waals surface area contributed by atoms with Crippen molar-refractivity contribution in [3.8, 4) is 0 Å². The summed E-state index contributed by atoms with van der Waals surface area (Å²) in [4.78, 5) is 22.2. The quantitative estimate of drug-likeness (QED) is 0.785. The Morgan fingerprint density at radius 2 is 2.00 bits per heavy atom. The number of pyridine rings is 1. The van der Waals surface area contributed by atoms with Crippen LogP contribution in [-0.4, -0.2) is 27.3 Å². The Balaban J connectivity index is 1.66. The molecule has 1 atom stereocenters. The average molecular weight is 291 g/mol. The first-order chi connectivity index (χ1) is 10.8. The van der Waals surface area contributed by atoms with Gasteiger partial charge in [-0.1, -0.05) is 18.2 Å². The number of amides is 1. The molecule has 0 bridgehead atoms. The Morgan fingerprint density at radius 3 is 2.82 bits per heavy atom. The molecular formula is C18H17N3O. The van der Waals surface area contributed by atoms with Crippen LogP contribution in [-0.2, 0) is 0 Å². The van der Waals surface area contributed by atoms with E-state index in [0.29, 0.717) is 5.69 Å². The van der Waals surface area contributed by atoms with E-state index in [1.54, 1.807) is 12.4 Å². The number of fused-ring (bicyclic) bond motifs is 1. The summed E-state index contributed by atoms with van der Waals surface area (Å²) in [6, 6.07) is 14.1. The number of carbonyl (C=O) groups is 1. The zero-order valence-electron chi connectivity index (χ0n) is 12.2. The minimum absolute atomic E-state index is 0.0792. The zero-order valence-corrected chi connectivity index (χ0v) is 12.2. The van der Waals surface area contributed by atoms with Crippen LogP contribution < -0.4 is 0 Å². The standard InChI is InChI=1S/C18H17N3O/c22-18(16-12-14-4-1-2-5-15(14)20-16)21-11-3-6-17(21)13-7-9-19-10-8-13/h1-2,4-5,7-10,12,17,20H,3,6,11H2. The monoisotopic (exact) mass is 291 g/mol. The van der Waals surface area contributed by atoms with Crippen LogP contribution in [0, 0.1) is 0 Å². The number of para-hydroxylation sites is 1. The summed E-state index contributed by atoms with van der Waals surface area (Å²) in [5, 5.41) is 1.07. The molecule has 1 aliphatic rings. The molecule has 1 aliphatic heterocycles. The zero-order chi connectivity index (χ0) is 14.9. The first-order valence-electron chi connectivity index (χ1n) is 7.61. The fourth-order valence-corrected chi connectivity index (χ4v) is 3.29. The number of H-pyrrole nitrogens is 1. The summed E-state index contributed by atoms with van der Waals surface area (Å²) in [5.74, 6) is 0.0792. The topological polar surface area (TPSA) is 49.0 Å². The minimum atomic E-state index is 0.0792. The fourth-order valence-electron chi connectivity index (χ4n) is 3.29. The Kier molecular flexibility index (Phi) is 3.15. The van der Waals surface area contributed by atoms with Gasteiger partial charge >= 0.3 is 0 Å². The van der Waals surface area contributed by atoms with Crippen LogP contribution in [0.5, 0.6) is 0 Å². The third kappa shape index (κ3) is 2.17. The van der Waals surface area contributed by atoms with Gasteiger partial charge in [-0.2, -0.15) is 0 Å². The fraction of sp³-hybridized carbons (Fsp3) is 0.222. The molecule has 1 aromatic carbocycles. The smallest absolute Gasteiger partial charge is 0.270 e. The van der Waals surface area contributed by atoms with Crippen molar-refractivity contribution in [3.63, 3.8) is 0 Å². The largest absolute Gasteiger partial charge is 0.351 e. The number of hydrogen-bond donors (Lipinski definition) is 1. The summed E-state index contributed by atoms with van der Waals surface area (Å²) in [6.07, 6.45) is 5.63. The maximum absolute atomic E-state index is 12.9. The molecule has 4 nitrogen and oxygen atoms in total. The normalized spacial score (nSPS) is 18.0. The van der Waals surface area contributed by atoms with Crippen molar-refractivity contribution in [2.45, 2.75) is 18.9 Å². The van der Waals surface area contributed by atoms with E-state index in [-0.39, 0.29) is 11.9 Å². The summed E-state index contributed by atoms with van der Waals surface area (Å²) >= 11 is 0. The van der Waals surface area contributed by atoms with E-state index in [2.05, 4.69) is 9.97 Å². The van der Waals surface area contributed by atoms with Gasteiger partial charge in [-0.15, -0.1) is 0 Å². The first-order valence-corrected chi connectivity index (χ1v) is 7.61. The summed E-state index contributed by atoms with van der Waals surface area (Å²) in [7, 11) is 0. The van der Waals surface area contributed by atoms with E-state index in [1.165, 1.54) is 0 Å². The number of hydrogen-bond acceptors (Lipinski definition) is 2. The molecule has 1 unspecified atom stereocenters. The lowest BCUT2D eigenvalue weighted by Crippen LogP contribution is -2.30. The second-order valence-electron chi connectivity index (χ2n) is 5.71. The van der Waals surface area contributed by atoms with Crippen molar-refractivity contribution >= 4 is 16.8 Å². The second kappa shape index (κ2) is 5.30. The number of nitrogens with zero attached hydrogens (tertiary/aromatic N) is 2. The van der Waals surface area contributed by atoms with Crippen molar-refractivity contribution in [2.75, 3.05) is 6.54 Å². The number of rotatable bonds is 2. The van der Waals surface area contributed by atoms with E-state index in [1.807, 2.05) is 47.4 Å². The molecule has 2 aromatic heterocycles. The predicted octanol–water partition coefficient (Wildman–Crippen LogP) is 3.54. The van der Waals surface area contributed by atoms with Gasteiger partial charge in [0.1, 0.15) is 5.69 Å². The summed E-state index contributed by atoms with van der Waals surface area (Å²) in [6.45, 7) is 0.807.